The molecule has 0 heterocycles. The Labute approximate surface area is 103 Å². The lowest BCUT2D eigenvalue weighted by atomic mass is 9.78. The van der Waals surface area contributed by atoms with Crippen LogP contribution in [0, 0.1) is 0 Å². The molecule has 4 heteroatoms. The molecule has 0 aliphatic heterocycles. The first kappa shape index (κ1) is 11.6. The topological polar surface area (TPSA) is 46.5 Å². The van der Waals surface area contributed by atoms with Crippen molar-refractivity contribution >= 4 is 21.9 Å². The highest BCUT2D eigenvalue weighted by molar-refractivity contribution is 9.10. The van der Waals surface area contributed by atoms with E-state index in [4.69, 9.17) is 4.74 Å². The third-order valence-electron chi connectivity index (χ3n) is 2.79. The Hall–Kier alpha value is -0.870. The smallest absolute Gasteiger partial charge is 0.314 e. The Balaban J connectivity index is 1.92. The molecule has 3 nitrogen and oxygen atoms in total. The van der Waals surface area contributed by atoms with Crippen molar-refractivity contribution in [1.29, 1.82) is 0 Å². The normalized spacial score (nSPS) is 17.6. The van der Waals surface area contributed by atoms with Crippen molar-refractivity contribution in [3.8, 4) is 5.75 Å². The minimum Gasteiger partial charge on any atom is -0.426 e. The van der Waals surface area contributed by atoms with E-state index in [0.29, 0.717) is 18.6 Å². The summed E-state index contributed by atoms with van der Waals surface area (Å²) in [6.45, 7) is 0. The minimum absolute atomic E-state index is 0.0829. The molecule has 0 amide bonds. The van der Waals surface area contributed by atoms with E-state index < -0.39 is 5.60 Å². The molecule has 0 bridgehead atoms. The molecule has 1 fully saturated rings. The van der Waals surface area contributed by atoms with Gasteiger partial charge < -0.3 is 9.84 Å². The number of halogens is 1. The summed E-state index contributed by atoms with van der Waals surface area (Å²) in [5.74, 6) is 0.127. The van der Waals surface area contributed by atoms with Gasteiger partial charge in [-0.25, -0.2) is 0 Å². The summed E-state index contributed by atoms with van der Waals surface area (Å²) >= 11 is 3.30. The summed E-state index contributed by atoms with van der Waals surface area (Å²) in [5.41, 5.74) is -0.816. The summed E-state index contributed by atoms with van der Waals surface area (Å²) < 4.78 is 6.00. The van der Waals surface area contributed by atoms with Gasteiger partial charge in [0.15, 0.2) is 0 Å². The van der Waals surface area contributed by atoms with Crippen molar-refractivity contribution in [2.75, 3.05) is 0 Å². The van der Waals surface area contributed by atoms with Crippen molar-refractivity contribution in [1.82, 2.24) is 0 Å². The van der Waals surface area contributed by atoms with Gasteiger partial charge in [0.1, 0.15) is 5.75 Å². The highest BCUT2D eigenvalue weighted by Gasteiger charge is 2.37. The number of carbonyl (C=O) groups excluding carboxylic acids is 1. The SMILES string of the molecule is O=C(CC1(O)CCC1)Oc1cccc(Br)c1. The fraction of sp³-hybridized carbons (Fsp3) is 0.417. The number of esters is 1. The predicted octanol–water partition coefficient (Wildman–Crippen LogP) is 2.66. The van der Waals surface area contributed by atoms with Crippen LogP contribution in [0.25, 0.3) is 0 Å². The first-order valence-electron chi connectivity index (χ1n) is 5.26. The zero-order valence-electron chi connectivity index (χ0n) is 8.78. The molecule has 0 aromatic heterocycles. The summed E-state index contributed by atoms with van der Waals surface area (Å²) in [7, 11) is 0. The molecule has 16 heavy (non-hydrogen) atoms. The molecule has 1 aliphatic carbocycles. The summed E-state index contributed by atoms with van der Waals surface area (Å²) in [6.07, 6.45) is 2.46. The second-order valence-corrected chi connectivity index (χ2v) is 5.10. The van der Waals surface area contributed by atoms with E-state index in [1.54, 1.807) is 18.2 Å². The maximum Gasteiger partial charge on any atom is 0.314 e. The molecule has 0 atom stereocenters. The van der Waals surface area contributed by atoms with E-state index in [0.717, 1.165) is 10.9 Å². The van der Waals surface area contributed by atoms with Crippen LogP contribution >= 0.6 is 15.9 Å². The van der Waals surface area contributed by atoms with Crippen LogP contribution in [-0.4, -0.2) is 16.7 Å². The molecular weight excluding hydrogens is 272 g/mol. The molecular formula is C12H13BrO3. The number of hydrogen-bond acceptors (Lipinski definition) is 3. The molecule has 2 rings (SSSR count). The van der Waals surface area contributed by atoms with Gasteiger partial charge in [0.2, 0.25) is 0 Å². The number of hydrogen-bond donors (Lipinski definition) is 1. The number of benzene rings is 1. The van der Waals surface area contributed by atoms with Crippen LogP contribution in [0.5, 0.6) is 5.75 Å². The van der Waals surface area contributed by atoms with Gasteiger partial charge >= 0.3 is 5.97 Å². The second-order valence-electron chi connectivity index (χ2n) is 4.19. The molecule has 0 spiro atoms. The van der Waals surface area contributed by atoms with Crippen LogP contribution < -0.4 is 4.74 Å². The highest BCUT2D eigenvalue weighted by atomic mass is 79.9. The first-order chi connectivity index (χ1) is 7.57. The maximum atomic E-state index is 11.5. The monoisotopic (exact) mass is 284 g/mol. The quantitative estimate of drug-likeness (QED) is 0.686. The van der Waals surface area contributed by atoms with E-state index in [1.807, 2.05) is 6.07 Å². The average molecular weight is 285 g/mol. The van der Waals surface area contributed by atoms with Crippen LogP contribution in [-0.2, 0) is 4.79 Å². The Kier molecular flexibility index (Phi) is 3.30. The molecule has 1 saturated carbocycles. The lowest BCUT2D eigenvalue weighted by Crippen LogP contribution is -2.39. The van der Waals surface area contributed by atoms with Gasteiger partial charge in [0, 0.05) is 4.47 Å². The zero-order valence-corrected chi connectivity index (χ0v) is 10.4. The summed E-state index contributed by atoms with van der Waals surface area (Å²) in [6, 6.07) is 7.09. The van der Waals surface area contributed by atoms with Gasteiger partial charge in [0.05, 0.1) is 12.0 Å². The lowest BCUT2D eigenvalue weighted by Gasteiger charge is -2.35. The van der Waals surface area contributed by atoms with E-state index in [2.05, 4.69) is 15.9 Å². The number of aliphatic hydroxyl groups is 1. The lowest BCUT2D eigenvalue weighted by molar-refractivity contribution is -0.143. The fourth-order valence-corrected chi connectivity index (χ4v) is 2.11. The van der Waals surface area contributed by atoms with E-state index in [-0.39, 0.29) is 12.4 Å². The number of rotatable bonds is 3. The van der Waals surface area contributed by atoms with Crippen LogP contribution in [0.4, 0.5) is 0 Å². The van der Waals surface area contributed by atoms with Crippen LogP contribution in [0.15, 0.2) is 28.7 Å². The van der Waals surface area contributed by atoms with E-state index in [9.17, 15) is 9.90 Å². The summed E-state index contributed by atoms with van der Waals surface area (Å²) in [5, 5.41) is 9.80. The third kappa shape index (κ3) is 2.83. The van der Waals surface area contributed by atoms with E-state index >= 15 is 0 Å². The van der Waals surface area contributed by atoms with Crippen molar-refractivity contribution < 1.29 is 14.6 Å². The molecule has 1 aromatic carbocycles. The van der Waals surface area contributed by atoms with Crippen LogP contribution in [0.1, 0.15) is 25.7 Å². The number of ether oxygens (including phenoxy) is 1. The Bertz CT molecular complexity index is 399. The molecule has 0 radical (unpaired) electrons. The highest BCUT2D eigenvalue weighted by Crippen LogP contribution is 2.34. The molecule has 0 unspecified atom stereocenters. The maximum absolute atomic E-state index is 11.5. The van der Waals surface area contributed by atoms with E-state index in [1.165, 1.54) is 0 Å². The van der Waals surface area contributed by atoms with Gasteiger partial charge in [-0.15, -0.1) is 0 Å². The Morgan fingerprint density at radius 3 is 2.81 bits per heavy atom. The first-order valence-corrected chi connectivity index (χ1v) is 6.05. The molecule has 0 saturated heterocycles. The van der Waals surface area contributed by atoms with Crippen molar-refractivity contribution in [2.24, 2.45) is 0 Å². The predicted molar refractivity (Wildman–Crippen MR) is 63.2 cm³/mol. The number of carbonyl (C=O) groups is 1. The standard InChI is InChI=1S/C12H13BrO3/c13-9-3-1-4-10(7-9)16-11(14)8-12(15)5-2-6-12/h1,3-4,7,15H,2,5-6,8H2. The van der Waals surface area contributed by atoms with Crippen molar-refractivity contribution in [3.05, 3.63) is 28.7 Å². The zero-order chi connectivity index (χ0) is 11.6. The Morgan fingerprint density at radius 2 is 2.25 bits per heavy atom. The van der Waals surface area contributed by atoms with Gasteiger partial charge in [-0.1, -0.05) is 22.0 Å². The molecule has 1 N–H and O–H groups in total. The van der Waals surface area contributed by atoms with Gasteiger partial charge in [-0.05, 0) is 37.5 Å². The summed E-state index contributed by atoms with van der Waals surface area (Å²) in [4.78, 5) is 11.5. The molecule has 86 valence electrons. The van der Waals surface area contributed by atoms with Crippen LogP contribution in [0.2, 0.25) is 0 Å². The van der Waals surface area contributed by atoms with Crippen LogP contribution in [0.3, 0.4) is 0 Å². The largest absolute Gasteiger partial charge is 0.426 e. The minimum atomic E-state index is -0.816. The second kappa shape index (κ2) is 4.55. The third-order valence-corrected chi connectivity index (χ3v) is 3.28. The van der Waals surface area contributed by atoms with Gasteiger partial charge in [0.25, 0.3) is 0 Å². The Morgan fingerprint density at radius 1 is 1.50 bits per heavy atom. The van der Waals surface area contributed by atoms with Crippen molar-refractivity contribution in [2.45, 2.75) is 31.3 Å². The molecule has 1 aliphatic rings. The fourth-order valence-electron chi connectivity index (χ4n) is 1.73. The van der Waals surface area contributed by atoms with Crippen molar-refractivity contribution in [3.63, 3.8) is 0 Å². The molecule has 1 aromatic rings. The van der Waals surface area contributed by atoms with Gasteiger partial charge in [-0.3, -0.25) is 4.79 Å². The van der Waals surface area contributed by atoms with Gasteiger partial charge in [-0.2, -0.15) is 0 Å². The average Bonchev–Trinajstić information content (AvgIpc) is 2.15.